The van der Waals surface area contributed by atoms with Crippen molar-refractivity contribution in [2.24, 2.45) is 0 Å². The topological polar surface area (TPSA) is 96.0 Å². The van der Waals surface area contributed by atoms with E-state index >= 15 is 0 Å². The van der Waals surface area contributed by atoms with Crippen LogP contribution in [0.1, 0.15) is 46.1 Å². The van der Waals surface area contributed by atoms with E-state index in [1.165, 1.54) is 4.90 Å². The number of benzene rings is 2. The molecule has 0 unspecified atom stereocenters. The van der Waals surface area contributed by atoms with Crippen molar-refractivity contribution in [2.75, 3.05) is 23.7 Å². The highest BCUT2D eigenvalue weighted by Gasteiger charge is 2.32. The third-order valence-corrected chi connectivity index (χ3v) is 7.14. The average molecular weight is 538 g/mol. The highest BCUT2D eigenvalue weighted by molar-refractivity contribution is 7.92. The second-order valence-corrected chi connectivity index (χ2v) is 10.9. The second kappa shape index (κ2) is 13.5. The molecule has 0 heterocycles. The summed E-state index contributed by atoms with van der Waals surface area (Å²) in [5.74, 6) is -0.438. The number of nitrogens with zero attached hydrogens (tertiary/aromatic N) is 2. The van der Waals surface area contributed by atoms with Gasteiger partial charge in [0.2, 0.25) is 21.8 Å². The number of nitrogens with one attached hydrogen (secondary N) is 1. The molecule has 0 aliphatic heterocycles. The first-order valence-electron chi connectivity index (χ1n) is 12.1. The Morgan fingerprint density at radius 2 is 1.67 bits per heavy atom. The minimum absolute atomic E-state index is 0.0652. The van der Waals surface area contributed by atoms with Crippen LogP contribution in [0.15, 0.2) is 48.5 Å². The predicted octanol–water partition coefficient (Wildman–Crippen LogP) is 4.23. The van der Waals surface area contributed by atoms with Crippen molar-refractivity contribution < 1.29 is 22.7 Å². The van der Waals surface area contributed by atoms with Crippen molar-refractivity contribution in [3.63, 3.8) is 0 Å². The van der Waals surface area contributed by atoms with E-state index < -0.39 is 28.5 Å². The van der Waals surface area contributed by atoms with Gasteiger partial charge in [-0.2, -0.15) is 0 Å². The Morgan fingerprint density at radius 1 is 1.03 bits per heavy atom. The molecule has 0 aliphatic carbocycles. The van der Waals surface area contributed by atoms with E-state index in [9.17, 15) is 18.0 Å². The minimum atomic E-state index is -3.85. The van der Waals surface area contributed by atoms with Crippen LogP contribution in [0.5, 0.6) is 5.75 Å². The van der Waals surface area contributed by atoms with Gasteiger partial charge in [0.05, 0.1) is 18.6 Å². The summed E-state index contributed by atoms with van der Waals surface area (Å²) in [4.78, 5) is 28.3. The molecule has 8 nitrogen and oxygen atoms in total. The van der Waals surface area contributed by atoms with E-state index in [1.54, 1.807) is 55.5 Å². The fourth-order valence-electron chi connectivity index (χ4n) is 3.68. The number of anilines is 1. The third kappa shape index (κ3) is 8.13. The molecule has 2 rings (SSSR count). The number of carbonyl (C=O) groups is 2. The van der Waals surface area contributed by atoms with Gasteiger partial charge in [-0.05, 0) is 56.5 Å². The summed E-state index contributed by atoms with van der Waals surface area (Å²) >= 11 is 6.02. The zero-order valence-corrected chi connectivity index (χ0v) is 23.1. The molecule has 0 aliphatic rings. The van der Waals surface area contributed by atoms with Gasteiger partial charge in [-0.3, -0.25) is 13.9 Å². The van der Waals surface area contributed by atoms with Crippen molar-refractivity contribution in [2.45, 2.75) is 59.2 Å². The Bertz CT molecular complexity index is 1120. The summed E-state index contributed by atoms with van der Waals surface area (Å²) in [7, 11) is -3.85. The minimum Gasteiger partial charge on any atom is -0.492 e. The molecule has 0 bridgehead atoms. The molecule has 0 saturated carbocycles. The second-order valence-electron chi connectivity index (χ2n) is 8.56. The number of para-hydroxylation sites is 2. The van der Waals surface area contributed by atoms with Gasteiger partial charge in [0, 0.05) is 17.6 Å². The maximum atomic E-state index is 13.7. The lowest BCUT2D eigenvalue weighted by Crippen LogP contribution is -2.53. The lowest BCUT2D eigenvalue weighted by molar-refractivity contribution is -0.140. The van der Waals surface area contributed by atoms with Gasteiger partial charge in [0.25, 0.3) is 0 Å². The number of ether oxygens (including phenoxy) is 1. The monoisotopic (exact) mass is 537 g/mol. The van der Waals surface area contributed by atoms with Crippen molar-refractivity contribution in [3.05, 3.63) is 59.1 Å². The summed E-state index contributed by atoms with van der Waals surface area (Å²) in [6.45, 7) is 7.44. The Balaban J connectivity index is 2.47. The molecule has 2 atom stereocenters. The van der Waals surface area contributed by atoms with Crippen LogP contribution < -0.4 is 14.4 Å². The average Bonchev–Trinajstić information content (AvgIpc) is 2.83. The van der Waals surface area contributed by atoms with Gasteiger partial charge < -0.3 is 15.0 Å². The van der Waals surface area contributed by atoms with Crippen molar-refractivity contribution in [1.82, 2.24) is 10.2 Å². The summed E-state index contributed by atoms with van der Waals surface area (Å²) in [5, 5.41) is 3.50. The van der Waals surface area contributed by atoms with E-state index in [0.717, 1.165) is 22.5 Å². The van der Waals surface area contributed by atoms with E-state index in [1.807, 2.05) is 20.8 Å². The fourth-order valence-corrected chi connectivity index (χ4v) is 4.66. The van der Waals surface area contributed by atoms with Crippen molar-refractivity contribution in [1.29, 1.82) is 0 Å². The Kier molecular flexibility index (Phi) is 11.0. The molecule has 0 fully saturated rings. The third-order valence-electron chi connectivity index (χ3n) is 5.77. The molecule has 36 heavy (non-hydrogen) atoms. The van der Waals surface area contributed by atoms with Crippen molar-refractivity contribution >= 4 is 39.1 Å². The molecular weight excluding hydrogens is 502 g/mol. The van der Waals surface area contributed by atoms with Gasteiger partial charge in [-0.1, -0.05) is 49.7 Å². The number of hydrogen-bond acceptors (Lipinski definition) is 5. The molecule has 198 valence electrons. The van der Waals surface area contributed by atoms with Crippen LogP contribution in [0, 0.1) is 0 Å². The molecule has 0 spiro atoms. The summed E-state index contributed by atoms with van der Waals surface area (Å²) in [5.41, 5.74) is 1.03. The summed E-state index contributed by atoms with van der Waals surface area (Å²) < 4.78 is 32.3. The van der Waals surface area contributed by atoms with Crippen LogP contribution in [0.4, 0.5) is 5.69 Å². The predicted molar refractivity (Wildman–Crippen MR) is 144 cm³/mol. The number of carbonyl (C=O) groups excluding carboxylic acids is 2. The zero-order valence-electron chi connectivity index (χ0n) is 21.5. The summed E-state index contributed by atoms with van der Waals surface area (Å²) in [6.07, 6.45) is 2.14. The molecule has 0 radical (unpaired) electrons. The maximum Gasteiger partial charge on any atom is 0.244 e. The SMILES string of the molecule is CCOc1ccccc1N(CC(=O)N(Cc1ccc(Cl)cc1)[C@H](CC)C(=O)N[C@H](C)CC)S(C)(=O)=O. The van der Waals surface area contributed by atoms with Gasteiger partial charge in [-0.25, -0.2) is 8.42 Å². The molecule has 2 aromatic carbocycles. The van der Waals surface area contributed by atoms with E-state index in [0.29, 0.717) is 23.8 Å². The van der Waals surface area contributed by atoms with E-state index in [4.69, 9.17) is 16.3 Å². The van der Waals surface area contributed by atoms with Gasteiger partial charge in [-0.15, -0.1) is 0 Å². The van der Waals surface area contributed by atoms with Crippen LogP contribution in [0.2, 0.25) is 5.02 Å². The summed E-state index contributed by atoms with van der Waals surface area (Å²) in [6, 6.07) is 12.8. The Hall–Kier alpha value is -2.78. The quantitative estimate of drug-likeness (QED) is 0.412. The van der Waals surface area contributed by atoms with Crippen LogP contribution in [0.3, 0.4) is 0 Å². The first-order chi connectivity index (χ1) is 17.0. The van der Waals surface area contributed by atoms with Crippen LogP contribution in [-0.2, 0) is 26.2 Å². The normalized spacial score (nSPS) is 12.9. The highest BCUT2D eigenvalue weighted by atomic mass is 35.5. The number of sulfonamides is 1. The number of halogens is 1. The standard InChI is InChI=1S/C26H36ClN3O5S/c1-6-19(4)28-26(32)22(7-2)29(17-20-13-15-21(27)16-14-20)25(31)18-30(36(5,33)34)23-11-9-10-12-24(23)35-8-3/h9-16,19,22H,6-8,17-18H2,1-5H3,(H,28,32)/t19-,22-/m1/s1. The van der Waals surface area contributed by atoms with Crippen molar-refractivity contribution in [3.8, 4) is 5.75 Å². The van der Waals surface area contributed by atoms with Gasteiger partial charge in [0.15, 0.2) is 0 Å². The molecule has 0 saturated heterocycles. The largest absolute Gasteiger partial charge is 0.492 e. The zero-order chi connectivity index (χ0) is 26.9. The molecule has 0 aromatic heterocycles. The number of hydrogen-bond donors (Lipinski definition) is 1. The Morgan fingerprint density at radius 3 is 2.22 bits per heavy atom. The molecule has 2 amide bonds. The Labute approximate surface area is 219 Å². The molecule has 2 aromatic rings. The number of amides is 2. The lowest BCUT2D eigenvalue weighted by atomic mass is 10.1. The smallest absolute Gasteiger partial charge is 0.244 e. The van der Waals surface area contributed by atoms with Crippen LogP contribution in [0.25, 0.3) is 0 Å². The molecular formula is C26H36ClN3O5S. The van der Waals surface area contributed by atoms with Crippen LogP contribution >= 0.6 is 11.6 Å². The van der Waals surface area contributed by atoms with Gasteiger partial charge in [0.1, 0.15) is 18.3 Å². The van der Waals surface area contributed by atoms with Gasteiger partial charge >= 0.3 is 0 Å². The first-order valence-corrected chi connectivity index (χ1v) is 14.3. The van der Waals surface area contributed by atoms with Crippen LogP contribution in [-0.4, -0.2) is 56.6 Å². The van der Waals surface area contributed by atoms with E-state index in [-0.39, 0.29) is 24.2 Å². The van der Waals surface area contributed by atoms with E-state index in [2.05, 4.69) is 5.32 Å². The lowest BCUT2D eigenvalue weighted by Gasteiger charge is -2.33. The first kappa shape index (κ1) is 29.5. The fraction of sp³-hybridized carbons (Fsp3) is 0.462. The molecule has 1 N–H and O–H groups in total. The number of rotatable bonds is 13. The maximum absolute atomic E-state index is 13.7. The highest BCUT2D eigenvalue weighted by Crippen LogP contribution is 2.30. The molecule has 10 heteroatoms.